The van der Waals surface area contributed by atoms with E-state index in [0.29, 0.717) is 36.9 Å². The first-order valence-corrected chi connectivity index (χ1v) is 14.0. The number of para-hydroxylation sites is 1. The van der Waals surface area contributed by atoms with Crippen LogP contribution in [0.2, 0.25) is 0 Å². The second-order valence-corrected chi connectivity index (χ2v) is 10.9. The maximum atomic E-state index is 14.4. The van der Waals surface area contributed by atoms with Crippen molar-refractivity contribution in [2.24, 2.45) is 0 Å². The number of hydrogen-bond acceptors (Lipinski definition) is 5. The third-order valence-electron chi connectivity index (χ3n) is 8.38. The van der Waals surface area contributed by atoms with E-state index in [-0.39, 0.29) is 24.3 Å². The molecule has 3 aromatic carbocycles. The molecular formula is C33H35N3O5. The number of piperazine rings is 1. The fourth-order valence-corrected chi connectivity index (χ4v) is 6.33. The average molecular weight is 554 g/mol. The van der Waals surface area contributed by atoms with Crippen LogP contribution in [0.1, 0.15) is 48.6 Å². The molecule has 3 heterocycles. The first kappa shape index (κ1) is 26.7. The number of carbonyl (C=O) groups excluding carboxylic acids is 2. The van der Waals surface area contributed by atoms with E-state index in [1.807, 2.05) is 67.6 Å². The molecule has 8 heteroatoms. The van der Waals surface area contributed by atoms with Crippen LogP contribution in [-0.4, -0.2) is 60.5 Å². The second-order valence-electron chi connectivity index (χ2n) is 10.9. The second kappa shape index (κ2) is 10.5. The average Bonchev–Trinajstić information content (AvgIpc) is 3.40. The van der Waals surface area contributed by atoms with E-state index in [9.17, 15) is 9.59 Å². The molecule has 4 aromatic rings. The number of fused-ring (bicyclic) bond motifs is 5. The molecule has 2 aliphatic heterocycles. The normalized spacial score (nSPS) is 20.1. The zero-order valence-corrected chi connectivity index (χ0v) is 23.9. The number of aromatic nitrogens is 1. The number of H-pyrrole nitrogens is 1. The van der Waals surface area contributed by atoms with Crippen LogP contribution in [0, 0.1) is 0 Å². The van der Waals surface area contributed by atoms with Crippen molar-refractivity contribution in [3.63, 3.8) is 0 Å². The molecule has 0 aliphatic carbocycles. The molecule has 8 nitrogen and oxygen atoms in total. The summed E-state index contributed by atoms with van der Waals surface area (Å²) in [6.45, 7) is 5.24. The topological polar surface area (TPSA) is 84.1 Å². The fourth-order valence-electron chi connectivity index (χ4n) is 6.33. The van der Waals surface area contributed by atoms with Gasteiger partial charge in [0.1, 0.15) is 12.3 Å². The minimum Gasteiger partial charge on any atom is -0.497 e. The van der Waals surface area contributed by atoms with Crippen LogP contribution in [0.25, 0.3) is 10.9 Å². The number of carbonyl (C=O) groups is 2. The summed E-state index contributed by atoms with van der Waals surface area (Å²) in [6.07, 6.45) is 0.894. The third-order valence-corrected chi connectivity index (χ3v) is 8.38. The number of ether oxygens (including phenoxy) is 3. The van der Waals surface area contributed by atoms with Crippen molar-refractivity contribution in [3.05, 3.63) is 89.1 Å². The quantitative estimate of drug-likeness (QED) is 0.324. The highest BCUT2D eigenvalue weighted by atomic mass is 16.5. The first-order valence-electron chi connectivity index (χ1n) is 14.0. The summed E-state index contributed by atoms with van der Waals surface area (Å²) >= 11 is 0. The van der Waals surface area contributed by atoms with Crippen LogP contribution in [0.3, 0.4) is 0 Å². The molecule has 1 N–H and O–H groups in total. The maximum absolute atomic E-state index is 14.4. The van der Waals surface area contributed by atoms with Crippen LogP contribution in [0.5, 0.6) is 17.2 Å². The molecule has 0 spiro atoms. The van der Waals surface area contributed by atoms with Crippen LogP contribution in [-0.2, 0) is 21.7 Å². The molecule has 212 valence electrons. The van der Waals surface area contributed by atoms with Crippen molar-refractivity contribution in [2.45, 2.75) is 38.3 Å². The van der Waals surface area contributed by atoms with Gasteiger partial charge in [-0.1, -0.05) is 43.3 Å². The lowest BCUT2D eigenvalue weighted by Gasteiger charge is -2.51. The number of methoxy groups -OCH3 is 2. The van der Waals surface area contributed by atoms with Gasteiger partial charge in [-0.15, -0.1) is 0 Å². The van der Waals surface area contributed by atoms with E-state index in [1.54, 1.807) is 24.0 Å². The van der Waals surface area contributed by atoms with Crippen molar-refractivity contribution in [1.82, 2.24) is 14.8 Å². The van der Waals surface area contributed by atoms with Gasteiger partial charge in [-0.25, -0.2) is 0 Å². The molecule has 0 radical (unpaired) electrons. The molecule has 2 atom stereocenters. The molecule has 0 saturated carbocycles. The van der Waals surface area contributed by atoms with Gasteiger partial charge in [0, 0.05) is 29.9 Å². The zero-order valence-electron chi connectivity index (χ0n) is 23.9. The van der Waals surface area contributed by atoms with Gasteiger partial charge in [-0.05, 0) is 60.4 Å². The van der Waals surface area contributed by atoms with Crippen molar-refractivity contribution in [3.8, 4) is 17.2 Å². The Balaban J connectivity index is 1.45. The van der Waals surface area contributed by atoms with Gasteiger partial charge in [-0.3, -0.25) is 9.59 Å². The van der Waals surface area contributed by atoms with Crippen molar-refractivity contribution in [1.29, 1.82) is 0 Å². The van der Waals surface area contributed by atoms with Gasteiger partial charge in [-0.2, -0.15) is 0 Å². The van der Waals surface area contributed by atoms with Crippen molar-refractivity contribution in [2.75, 3.05) is 33.9 Å². The van der Waals surface area contributed by atoms with E-state index in [4.69, 9.17) is 14.2 Å². The van der Waals surface area contributed by atoms with Gasteiger partial charge < -0.3 is 29.0 Å². The Morgan fingerprint density at radius 2 is 1.80 bits per heavy atom. The Kier molecular flexibility index (Phi) is 6.85. The van der Waals surface area contributed by atoms with E-state index < -0.39 is 5.54 Å². The van der Waals surface area contributed by atoms with E-state index in [0.717, 1.165) is 39.7 Å². The smallest absolute Gasteiger partial charge is 0.255 e. The van der Waals surface area contributed by atoms with Crippen molar-refractivity contribution >= 4 is 22.7 Å². The van der Waals surface area contributed by atoms with E-state index in [2.05, 4.69) is 18.0 Å². The molecule has 41 heavy (non-hydrogen) atoms. The molecular weight excluding hydrogens is 518 g/mol. The minimum atomic E-state index is -1.17. The fraction of sp³-hybridized carbons (Fsp3) is 0.333. The number of benzene rings is 3. The summed E-state index contributed by atoms with van der Waals surface area (Å²) in [5.74, 6) is 1.70. The van der Waals surface area contributed by atoms with E-state index >= 15 is 0 Å². The van der Waals surface area contributed by atoms with Crippen LogP contribution >= 0.6 is 0 Å². The van der Waals surface area contributed by atoms with Crippen molar-refractivity contribution < 1.29 is 23.8 Å². The number of amides is 2. The highest BCUT2D eigenvalue weighted by Gasteiger charge is 2.56. The molecule has 0 bridgehead atoms. The molecule has 1 aromatic heterocycles. The predicted molar refractivity (Wildman–Crippen MR) is 156 cm³/mol. The van der Waals surface area contributed by atoms with Gasteiger partial charge >= 0.3 is 0 Å². The van der Waals surface area contributed by atoms with Gasteiger partial charge in [0.15, 0.2) is 17.0 Å². The Hall–Kier alpha value is -4.46. The maximum Gasteiger partial charge on any atom is 0.255 e. The lowest BCUT2D eigenvalue weighted by molar-refractivity contribution is -0.166. The largest absolute Gasteiger partial charge is 0.497 e. The minimum absolute atomic E-state index is 0.0149. The Bertz CT molecular complexity index is 1630. The van der Waals surface area contributed by atoms with Gasteiger partial charge in [0.25, 0.3) is 5.91 Å². The number of aromatic amines is 1. The highest BCUT2D eigenvalue weighted by Crippen LogP contribution is 2.49. The molecule has 2 aliphatic rings. The van der Waals surface area contributed by atoms with Gasteiger partial charge in [0.2, 0.25) is 5.91 Å². The van der Waals surface area contributed by atoms with Crippen LogP contribution in [0.4, 0.5) is 0 Å². The number of nitrogens with one attached hydrogen (secondary N) is 1. The standard InChI is InChI=1S/C33H35N3O5/c1-5-15-41-27-14-13-22(17-28(27)40-4)25-19-36-29(37)20-35(18-21-9-8-10-23(16-21)39-3)32(38)33(36,2)31-30(25)24-11-6-7-12-26(24)34-31/h6-14,16-17,25,34H,5,15,18-20H2,1-4H3/t25?,33-/m0/s1. The summed E-state index contributed by atoms with van der Waals surface area (Å²) in [5.41, 5.74) is 3.46. The Labute approximate surface area is 239 Å². The molecule has 1 unspecified atom stereocenters. The lowest BCUT2D eigenvalue weighted by atomic mass is 9.76. The number of nitrogens with zero attached hydrogens (tertiary/aromatic N) is 2. The Morgan fingerprint density at radius 1 is 0.976 bits per heavy atom. The third kappa shape index (κ3) is 4.38. The Morgan fingerprint density at radius 3 is 2.59 bits per heavy atom. The first-order chi connectivity index (χ1) is 19.9. The SMILES string of the molecule is CCCOc1ccc(C2CN3C(=O)CN(Cc4cccc(OC)c4)C(=O)[C@]3(C)c3[nH]c4ccccc4c32)cc1OC. The number of hydrogen-bond donors (Lipinski definition) is 1. The molecule has 6 rings (SSSR count). The van der Waals surface area contributed by atoms with Crippen LogP contribution < -0.4 is 14.2 Å². The number of rotatable bonds is 8. The summed E-state index contributed by atoms with van der Waals surface area (Å²) in [6, 6.07) is 21.7. The highest BCUT2D eigenvalue weighted by molar-refractivity contribution is 6.01. The molecule has 2 amide bonds. The summed E-state index contributed by atoms with van der Waals surface area (Å²) in [5, 5.41) is 1.05. The summed E-state index contributed by atoms with van der Waals surface area (Å²) in [7, 11) is 3.25. The monoisotopic (exact) mass is 553 g/mol. The predicted octanol–water partition coefficient (Wildman–Crippen LogP) is 5.21. The lowest BCUT2D eigenvalue weighted by Crippen LogP contribution is -2.67. The zero-order chi connectivity index (χ0) is 28.7. The van der Waals surface area contributed by atoms with E-state index in [1.165, 1.54) is 0 Å². The van der Waals surface area contributed by atoms with Gasteiger partial charge in [0.05, 0.1) is 26.5 Å². The summed E-state index contributed by atoms with van der Waals surface area (Å²) in [4.78, 5) is 35.2. The summed E-state index contributed by atoms with van der Waals surface area (Å²) < 4.78 is 17.0. The molecule has 1 fully saturated rings. The molecule has 1 saturated heterocycles. The van der Waals surface area contributed by atoms with Crippen LogP contribution in [0.15, 0.2) is 66.7 Å².